The molecule has 0 aliphatic carbocycles. The zero-order valence-electron chi connectivity index (χ0n) is 17.1. The van der Waals surface area contributed by atoms with Crippen LogP contribution in [0.15, 0.2) is 47.5 Å². The average Bonchev–Trinajstić information content (AvgIpc) is 2.68. The van der Waals surface area contributed by atoms with Gasteiger partial charge in [0, 0.05) is 32.7 Å². The van der Waals surface area contributed by atoms with Gasteiger partial charge in [-0.2, -0.15) is 0 Å². The van der Waals surface area contributed by atoms with E-state index >= 15 is 0 Å². The molecule has 1 amide bonds. The molecule has 2 N–H and O–H groups in total. The maximum atomic E-state index is 13.7. The summed E-state index contributed by atoms with van der Waals surface area (Å²) in [4.78, 5) is 18.2. The quantitative estimate of drug-likeness (QED) is 0.570. The third-order valence-corrected chi connectivity index (χ3v) is 4.29. The first-order chi connectivity index (χ1) is 13.4. The van der Waals surface area contributed by atoms with E-state index in [1.54, 1.807) is 32.0 Å². The van der Waals surface area contributed by atoms with Crippen LogP contribution in [-0.2, 0) is 13.0 Å². The van der Waals surface area contributed by atoms with Gasteiger partial charge in [0.05, 0.1) is 6.54 Å². The maximum absolute atomic E-state index is 13.7. The number of hydrogen-bond acceptors (Lipinski definition) is 2. The van der Waals surface area contributed by atoms with Crippen LogP contribution in [0.3, 0.4) is 0 Å². The Morgan fingerprint density at radius 1 is 1.11 bits per heavy atom. The van der Waals surface area contributed by atoms with Crippen LogP contribution in [0.25, 0.3) is 0 Å². The summed E-state index contributed by atoms with van der Waals surface area (Å²) < 4.78 is 13.7. The van der Waals surface area contributed by atoms with Crippen molar-refractivity contribution in [1.82, 2.24) is 15.5 Å². The van der Waals surface area contributed by atoms with E-state index in [0.717, 1.165) is 24.1 Å². The number of nitrogens with zero attached hydrogens (tertiary/aromatic N) is 2. The van der Waals surface area contributed by atoms with Gasteiger partial charge in [0.1, 0.15) is 5.82 Å². The van der Waals surface area contributed by atoms with E-state index in [2.05, 4.69) is 15.6 Å². The van der Waals surface area contributed by atoms with Crippen LogP contribution in [0.1, 0.15) is 34.0 Å². The summed E-state index contributed by atoms with van der Waals surface area (Å²) in [5, 5.41) is 6.48. The molecule has 2 aromatic rings. The first-order valence-corrected chi connectivity index (χ1v) is 9.48. The molecule has 0 unspecified atom stereocenters. The second-order valence-electron chi connectivity index (χ2n) is 6.86. The molecule has 0 aromatic heterocycles. The highest BCUT2D eigenvalue weighted by atomic mass is 19.1. The molecule has 0 spiro atoms. The summed E-state index contributed by atoms with van der Waals surface area (Å²) in [6.07, 6.45) is 0.762. The number of halogens is 1. The monoisotopic (exact) mass is 384 g/mol. The van der Waals surface area contributed by atoms with E-state index < -0.39 is 0 Å². The van der Waals surface area contributed by atoms with Crippen molar-refractivity contribution in [3.63, 3.8) is 0 Å². The minimum Gasteiger partial charge on any atom is -0.357 e. The molecule has 0 aliphatic rings. The molecule has 2 rings (SSSR count). The highest BCUT2D eigenvalue weighted by molar-refractivity contribution is 5.94. The van der Waals surface area contributed by atoms with Gasteiger partial charge in [-0.15, -0.1) is 0 Å². The molecule has 6 heteroatoms. The number of aliphatic imine (C=N–C) groups is 1. The van der Waals surface area contributed by atoms with Crippen LogP contribution in [0.2, 0.25) is 0 Å². The van der Waals surface area contributed by atoms with Crippen molar-refractivity contribution < 1.29 is 9.18 Å². The van der Waals surface area contributed by atoms with Crippen LogP contribution in [0.5, 0.6) is 0 Å². The fourth-order valence-corrected chi connectivity index (χ4v) is 2.69. The molecule has 28 heavy (non-hydrogen) atoms. The second-order valence-corrected chi connectivity index (χ2v) is 6.86. The van der Waals surface area contributed by atoms with E-state index in [1.807, 2.05) is 37.3 Å². The Morgan fingerprint density at radius 2 is 1.89 bits per heavy atom. The first kappa shape index (κ1) is 21.4. The summed E-state index contributed by atoms with van der Waals surface area (Å²) in [6, 6.07) is 12.8. The van der Waals surface area contributed by atoms with Crippen LogP contribution >= 0.6 is 0 Å². The van der Waals surface area contributed by atoms with Gasteiger partial charge in [-0.25, -0.2) is 9.38 Å². The Bertz CT molecular complexity index is 833. The SMILES string of the molecule is CCNC(=NCc1ccc(C)c(F)c1)NCCc1cccc(C(=O)N(C)C)c1. The molecule has 0 atom stereocenters. The third kappa shape index (κ3) is 6.37. The van der Waals surface area contributed by atoms with Gasteiger partial charge in [0.15, 0.2) is 5.96 Å². The Balaban J connectivity index is 1.95. The largest absolute Gasteiger partial charge is 0.357 e. The molecule has 0 saturated carbocycles. The summed E-state index contributed by atoms with van der Waals surface area (Å²) in [7, 11) is 3.49. The molecule has 0 bridgehead atoms. The lowest BCUT2D eigenvalue weighted by Crippen LogP contribution is -2.38. The van der Waals surface area contributed by atoms with Crippen molar-refractivity contribution in [2.75, 3.05) is 27.2 Å². The third-order valence-electron chi connectivity index (χ3n) is 4.29. The second kappa shape index (κ2) is 10.4. The van der Waals surface area contributed by atoms with Crippen molar-refractivity contribution in [3.05, 3.63) is 70.5 Å². The molecule has 150 valence electrons. The predicted octanol–water partition coefficient (Wildman–Crippen LogP) is 3.13. The van der Waals surface area contributed by atoms with E-state index in [9.17, 15) is 9.18 Å². The minimum atomic E-state index is -0.210. The van der Waals surface area contributed by atoms with Crippen LogP contribution in [-0.4, -0.2) is 44.0 Å². The number of benzene rings is 2. The van der Waals surface area contributed by atoms with Crippen LogP contribution in [0.4, 0.5) is 4.39 Å². The Hall–Kier alpha value is -2.89. The van der Waals surface area contributed by atoms with Crippen molar-refractivity contribution in [2.45, 2.75) is 26.8 Å². The van der Waals surface area contributed by atoms with Gasteiger partial charge in [-0.05, 0) is 55.2 Å². The predicted molar refractivity (Wildman–Crippen MR) is 112 cm³/mol. The van der Waals surface area contributed by atoms with Crippen LogP contribution < -0.4 is 10.6 Å². The smallest absolute Gasteiger partial charge is 0.253 e. The summed E-state index contributed by atoms with van der Waals surface area (Å²) in [6.45, 7) is 5.56. The van der Waals surface area contributed by atoms with E-state index in [4.69, 9.17) is 0 Å². The minimum absolute atomic E-state index is 0.00459. The Labute approximate surface area is 166 Å². The van der Waals surface area contributed by atoms with Crippen molar-refractivity contribution in [2.24, 2.45) is 4.99 Å². The highest BCUT2D eigenvalue weighted by Crippen LogP contribution is 2.10. The molecule has 0 heterocycles. The standard InChI is InChI=1S/C22H29FN4O/c1-5-24-22(26-15-18-10-9-16(2)20(23)14-18)25-12-11-17-7-6-8-19(13-17)21(28)27(3)4/h6-10,13-14H,5,11-12,15H2,1-4H3,(H2,24,25,26). The van der Waals surface area contributed by atoms with Crippen molar-refractivity contribution in [1.29, 1.82) is 0 Å². The molecule has 5 nitrogen and oxygen atoms in total. The molecular weight excluding hydrogens is 355 g/mol. The fourth-order valence-electron chi connectivity index (χ4n) is 2.69. The fraction of sp³-hybridized carbons (Fsp3) is 0.364. The van der Waals surface area contributed by atoms with Gasteiger partial charge in [0.2, 0.25) is 0 Å². The Morgan fingerprint density at radius 3 is 2.57 bits per heavy atom. The van der Waals surface area contributed by atoms with Crippen molar-refractivity contribution >= 4 is 11.9 Å². The molecule has 0 fully saturated rings. The zero-order chi connectivity index (χ0) is 20.5. The van der Waals surface area contributed by atoms with Gasteiger partial charge >= 0.3 is 0 Å². The number of guanidine groups is 1. The number of rotatable bonds is 7. The molecular formula is C22H29FN4O. The molecule has 2 aromatic carbocycles. The number of carbonyl (C=O) groups excluding carboxylic acids is 1. The lowest BCUT2D eigenvalue weighted by atomic mass is 10.1. The van der Waals surface area contributed by atoms with E-state index in [-0.39, 0.29) is 11.7 Å². The van der Waals surface area contributed by atoms with Gasteiger partial charge in [-0.1, -0.05) is 24.3 Å². The molecule has 0 radical (unpaired) electrons. The van der Waals surface area contributed by atoms with Gasteiger partial charge in [0.25, 0.3) is 5.91 Å². The first-order valence-electron chi connectivity index (χ1n) is 9.48. The number of nitrogens with one attached hydrogen (secondary N) is 2. The lowest BCUT2D eigenvalue weighted by molar-refractivity contribution is 0.0827. The highest BCUT2D eigenvalue weighted by Gasteiger charge is 2.08. The zero-order valence-corrected chi connectivity index (χ0v) is 17.1. The number of hydrogen-bond donors (Lipinski definition) is 2. The van der Waals surface area contributed by atoms with E-state index in [0.29, 0.717) is 30.2 Å². The Kier molecular flexibility index (Phi) is 7.99. The van der Waals surface area contributed by atoms with Crippen molar-refractivity contribution in [3.8, 4) is 0 Å². The van der Waals surface area contributed by atoms with Gasteiger partial charge < -0.3 is 15.5 Å². The normalized spacial score (nSPS) is 11.2. The molecule has 0 aliphatic heterocycles. The maximum Gasteiger partial charge on any atom is 0.253 e. The lowest BCUT2D eigenvalue weighted by Gasteiger charge is -2.13. The number of amides is 1. The number of aryl methyl sites for hydroxylation is 1. The van der Waals surface area contributed by atoms with E-state index in [1.165, 1.54) is 6.07 Å². The summed E-state index contributed by atoms with van der Waals surface area (Å²) in [5.41, 5.74) is 3.23. The summed E-state index contributed by atoms with van der Waals surface area (Å²) in [5.74, 6) is 0.469. The molecule has 0 saturated heterocycles. The average molecular weight is 384 g/mol. The number of carbonyl (C=O) groups is 1. The topological polar surface area (TPSA) is 56.7 Å². The van der Waals surface area contributed by atoms with Gasteiger partial charge in [-0.3, -0.25) is 4.79 Å². The summed E-state index contributed by atoms with van der Waals surface area (Å²) >= 11 is 0. The van der Waals surface area contributed by atoms with Crippen LogP contribution in [0, 0.1) is 12.7 Å².